The monoisotopic (exact) mass is 169 g/mol. The second-order valence-corrected chi connectivity index (χ2v) is 3.18. The van der Waals surface area contributed by atoms with E-state index in [2.05, 4.69) is 0 Å². The first-order chi connectivity index (χ1) is 5.45. The van der Waals surface area contributed by atoms with Crippen LogP contribution in [0, 0.1) is 10.1 Å². The molecule has 0 aromatic heterocycles. The van der Waals surface area contributed by atoms with Gasteiger partial charge >= 0.3 is 0 Å². The van der Waals surface area contributed by atoms with Crippen LogP contribution in [-0.2, 0) is 0 Å². The van der Waals surface area contributed by atoms with Gasteiger partial charge in [0.15, 0.2) is 5.60 Å². The number of allylic oxidation sites excluding steroid dienone is 2. The second-order valence-electron chi connectivity index (χ2n) is 3.18. The van der Waals surface area contributed by atoms with Crippen molar-refractivity contribution in [2.75, 3.05) is 0 Å². The van der Waals surface area contributed by atoms with Gasteiger partial charge in [-0.25, -0.2) is 0 Å². The molecule has 1 N–H and O–H groups in total. The third kappa shape index (κ3) is 1.38. The lowest BCUT2D eigenvalue weighted by molar-refractivity contribution is -0.530. The smallest absolute Gasteiger partial charge is 0.265 e. The fourth-order valence-corrected chi connectivity index (χ4v) is 1.42. The van der Waals surface area contributed by atoms with Crippen molar-refractivity contribution in [3.8, 4) is 0 Å². The number of nitro groups is 1. The Morgan fingerprint density at radius 1 is 1.75 bits per heavy atom. The van der Waals surface area contributed by atoms with Gasteiger partial charge in [-0.05, 0) is 19.9 Å². The van der Waals surface area contributed by atoms with Crippen LogP contribution in [0.3, 0.4) is 0 Å². The van der Waals surface area contributed by atoms with Crippen molar-refractivity contribution in [3.05, 3.63) is 33.9 Å². The van der Waals surface area contributed by atoms with Gasteiger partial charge in [0.1, 0.15) is 0 Å². The lowest BCUT2D eigenvalue weighted by atomic mass is 9.87. The lowest BCUT2D eigenvalue weighted by Crippen LogP contribution is -2.44. The van der Waals surface area contributed by atoms with Crippen LogP contribution in [0.25, 0.3) is 0 Å². The molecule has 0 radical (unpaired) electrons. The van der Waals surface area contributed by atoms with E-state index in [9.17, 15) is 15.2 Å². The van der Waals surface area contributed by atoms with E-state index >= 15 is 0 Å². The number of rotatable bonds is 1. The number of hydrogen-bond acceptors (Lipinski definition) is 3. The van der Waals surface area contributed by atoms with Gasteiger partial charge in [0.2, 0.25) is 0 Å². The summed E-state index contributed by atoms with van der Waals surface area (Å²) in [5.74, 6) is 0. The summed E-state index contributed by atoms with van der Waals surface area (Å²) in [5, 5.41) is 20.2. The van der Waals surface area contributed by atoms with Crippen LogP contribution in [0.2, 0.25) is 0 Å². The molecule has 0 bridgehead atoms. The van der Waals surface area contributed by atoms with Crippen molar-refractivity contribution in [1.29, 1.82) is 0 Å². The molecule has 66 valence electrons. The SMILES string of the molecule is CC1=CC=CC(C)(O)C1[N+](=O)[O-]. The maximum atomic E-state index is 10.6. The van der Waals surface area contributed by atoms with Crippen LogP contribution in [0.4, 0.5) is 0 Å². The van der Waals surface area contributed by atoms with Gasteiger partial charge in [0.25, 0.3) is 6.04 Å². The molecule has 0 fully saturated rings. The van der Waals surface area contributed by atoms with Crippen LogP contribution < -0.4 is 0 Å². The zero-order chi connectivity index (χ0) is 9.35. The molecule has 0 spiro atoms. The van der Waals surface area contributed by atoms with Gasteiger partial charge in [-0.2, -0.15) is 0 Å². The van der Waals surface area contributed by atoms with Crippen LogP contribution >= 0.6 is 0 Å². The Hall–Kier alpha value is -1.16. The van der Waals surface area contributed by atoms with Crippen molar-refractivity contribution in [1.82, 2.24) is 0 Å². The number of nitrogens with zero attached hydrogens (tertiary/aromatic N) is 1. The molecule has 0 aromatic carbocycles. The van der Waals surface area contributed by atoms with Gasteiger partial charge < -0.3 is 5.11 Å². The molecular weight excluding hydrogens is 158 g/mol. The third-order valence-corrected chi connectivity index (χ3v) is 1.99. The predicted octanol–water partition coefficient (Wildman–Crippen LogP) is 0.899. The molecular formula is C8H11NO3. The summed E-state index contributed by atoms with van der Waals surface area (Å²) in [6.07, 6.45) is 4.72. The number of aliphatic hydroxyl groups is 1. The Kier molecular flexibility index (Phi) is 2.02. The Morgan fingerprint density at radius 2 is 2.33 bits per heavy atom. The highest BCUT2D eigenvalue weighted by molar-refractivity contribution is 5.27. The molecule has 12 heavy (non-hydrogen) atoms. The Morgan fingerprint density at radius 3 is 2.67 bits per heavy atom. The molecule has 1 rings (SSSR count). The van der Waals surface area contributed by atoms with Crippen molar-refractivity contribution in [2.24, 2.45) is 0 Å². The Balaban J connectivity index is 3.03. The Bertz CT molecular complexity index is 265. The minimum atomic E-state index is -1.36. The van der Waals surface area contributed by atoms with Gasteiger partial charge in [-0.15, -0.1) is 0 Å². The average Bonchev–Trinajstić information content (AvgIpc) is 1.82. The molecule has 1 aliphatic rings. The van der Waals surface area contributed by atoms with Crippen LogP contribution in [0.5, 0.6) is 0 Å². The van der Waals surface area contributed by atoms with E-state index in [1.54, 1.807) is 19.1 Å². The van der Waals surface area contributed by atoms with Gasteiger partial charge in [0.05, 0.1) is 0 Å². The zero-order valence-corrected chi connectivity index (χ0v) is 7.02. The fourth-order valence-electron chi connectivity index (χ4n) is 1.42. The van der Waals surface area contributed by atoms with E-state index in [-0.39, 0.29) is 0 Å². The van der Waals surface area contributed by atoms with Gasteiger partial charge in [-0.1, -0.05) is 12.2 Å². The highest BCUT2D eigenvalue weighted by Gasteiger charge is 2.41. The van der Waals surface area contributed by atoms with E-state index in [4.69, 9.17) is 0 Å². The summed E-state index contributed by atoms with van der Waals surface area (Å²) in [5.41, 5.74) is -0.782. The molecule has 0 aliphatic heterocycles. The Labute approximate surface area is 70.4 Å². The molecule has 2 unspecified atom stereocenters. The second kappa shape index (κ2) is 2.71. The summed E-state index contributed by atoms with van der Waals surface area (Å²) in [7, 11) is 0. The normalized spacial score (nSPS) is 34.6. The first-order valence-corrected chi connectivity index (χ1v) is 3.67. The third-order valence-electron chi connectivity index (χ3n) is 1.99. The average molecular weight is 169 g/mol. The van der Waals surface area contributed by atoms with Crippen LogP contribution in [-0.4, -0.2) is 21.7 Å². The van der Waals surface area contributed by atoms with Crippen LogP contribution in [0.1, 0.15) is 13.8 Å². The van der Waals surface area contributed by atoms with Crippen molar-refractivity contribution < 1.29 is 10.0 Å². The predicted molar refractivity (Wildman–Crippen MR) is 44.3 cm³/mol. The standard InChI is InChI=1S/C8H11NO3/c1-6-4-3-5-8(2,10)7(6)9(11)12/h3-5,7,10H,1-2H3. The minimum Gasteiger partial charge on any atom is -0.378 e. The van der Waals surface area contributed by atoms with E-state index in [0.29, 0.717) is 5.57 Å². The largest absolute Gasteiger partial charge is 0.378 e. The van der Waals surface area contributed by atoms with Crippen LogP contribution in [0.15, 0.2) is 23.8 Å². The molecule has 0 saturated heterocycles. The van der Waals surface area contributed by atoms with Gasteiger partial charge in [-0.3, -0.25) is 10.1 Å². The van der Waals surface area contributed by atoms with Crippen molar-refractivity contribution in [3.63, 3.8) is 0 Å². The summed E-state index contributed by atoms with van der Waals surface area (Å²) >= 11 is 0. The van der Waals surface area contributed by atoms with E-state index in [1.807, 2.05) is 0 Å². The maximum absolute atomic E-state index is 10.6. The first-order valence-electron chi connectivity index (χ1n) is 3.67. The van der Waals surface area contributed by atoms with E-state index in [1.165, 1.54) is 13.0 Å². The highest BCUT2D eigenvalue weighted by atomic mass is 16.6. The summed E-state index contributed by atoms with van der Waals surface area (Å²) in [6.45, 7) is 3.08. The minimum absolute atomic E-state index is 0.463. The summed E-state index contributed by atoms with van der Waals surface area (Å²) in [6, 6.07) is -1.01. The molecule has 2 atom stereocenters. The number of hydrogen-bond donors (Lipinski definition) is 1. The van der Waals surface area contributed by atoms with E-state index in [0.717, 1.165) is 0 Å². The molecule has 0 amide bonds. The molecule has 0 saturated carbocycles. The first kappa shape index (κ1) is 8.93. The molecule has 0 heterocycles. The molecule has 4 heteroatoms. The molecule has 0 aromatic rings. The molecule has 4 nitrogen and oxygen atoms in total. The van der Waals surface area contributed by atoms with Crippen molar-refractivity contribution in [2.45, 2.75) is 25.5 Å². The topological polar surface area (TPSA) is 63.4 Å². The van der Waals surface area contributed by atoms with Gasteiger partial charge in [0, 0.05) is 10.5 Å². The highest BCUT2D eigenvalue weighted by Crippen LogP contribution is 2.24. The molecule has 1 aliphatic carbocycles. The zero-order valence-electron chi connectivity index (χ0n) is 7.02. The summed E-state index contributed by atoms with van der Waals surface area (Å²) < 4.78 is 0. The van der Waals surface area contributed by atoms with E-state index < -0.39 is 16.6 Å². The maximum Gasteiger partial charge on any atom is 0.265 e. The quantitative estimate of drug-likeness (QED) is 0.468. The fraction of sp³-hybridized carbons (Fsp3) is 0.500. The van der Waals surface area contributed by atoms with Crippen molar-refractivity contribution >= 4 is 0 Å². The summed E-state index contributed by atoms with van der Waals surface area (Å²) in [4.78, 5) is 10.1. The lowest BCUT2D eigenvalue weighted by Gasteiger charge is -2.25.